The van der Waals surface area contributed by atoms with Crippen molar-refractivity contribution in [3.05, 3.63) is 65.2 Å². The Hall–Kier alpha value is -2.14. The number of halogens is 2. The molecular weight excluding hydrogens is 316 g/mol. The molecule has 0 amide bonds. The third kappa shape index (κ3) is 3.15. The molecule has 0 aliphatic carbocycles. The maximum atomic E-state index is 14.0. The Morgan fingerprint density at radius 2 is 1.91 bits per heavy atom. The highest BCUT2D eigenvalue weighted by molar-refractivity contribution is 7.98. The number of rotatable bonds is 4. The van der Waals surface area contributed by atoms with E-state index in [0.717, 1.165) is 27.6 Å². The molecule has 1 aromatic heterocycles. The van der Waals surface area contributed by atoms with Crippen molar-refractivity contribution in [2.75, 3.05) is 13.4 Å². The van der Waals surface area contributed by atoms with Gasteiger partial charge in [0, 0.05) is 23.4 Å². The minimum atomic E-state index is -0.581. The fourth-order valence-corrected chi connectivity index (χ4v) is 2.96. The number of hydrogen-bond donors (Lipinski definition) is 0. The van der Waals surface area contributed by atoms with Crippen LogP contribution in [0, 0.1) is 11.6 Å². The molecule has 3 rings (SSSR count). The van der Waals surface area contributed by atoms with Crippen molar-refractivity contribution >= 4 is 22.7 Å². The van der Waals surface area contributed by atoms with Crippen LogP contribution in [0.5, 0.6) is 5.75 Å². The molecule has 0 fully saturated rings. The second-order valence-electron chi connectivity index (χ2n) is 5.08. The van der Waals surface area contributed by atoms with E-state index in [1.807, 2.05) is 30.5 Å². The van der Waals surface area contributed by atoms with E-state index in [9.17, 15) is 8.78 Å². The summed E-state index contributed by atoms with van der Waals surface area (Å²) in [6.07, 6.45) is 2.28. The van der Waals surface area contributed by atoms with Crippen LogP contribution in [0.25, 0.3) is 10.9 Å². The first-order chi connectivity index (χ1) is 11.1. The van der Waals surface area contributed by atoms with Crippen LogP contribution >= 0.6 is 11.8 Å². The molecule has 0 N–H and O–H groups in total. The van der Waals surface area contributed by atoms with Crippen molar-refractivity contribution in [3.8, 4) is 5.75 Å². The number of hydrogen-bond acceptors (Lipinski definition) is 3. The molecule has 0 saturated heterocycles. The SMILES string of the molecule is COc1ccc2nc(SC)ccc2c1Cc1ccc(F)cc1F. The van der Waals surface area contributed by atoms with Gasteiger partial charge in [0.2, 0.25) is 0 Å². The standard InChI is InChI=1S/C18H15F2NOS/c1-22-17-7-6-16-13(5-8-18(21-16)23-2)14(17)9-11-3-4-12(19)10-15(11)20/h3-8,10H,9H2,1-2H3. The van der Waals surface area contributed by atoms with E-state index in [2.05, 4.69) is 4.98 Å². The highest BCUT2D eigenvalue weighted by Crippen LogP contribution is 2.31. The lowest BCUT2D eigenvalue weighted by Gasteiger charge is -2.13. The van der Waals surface area contributed by atoms with Gasteiger partial charge in [-0.25, -0.2) is 13.8 Å². The molecule has 1 heterocycles. The molecule has 2 aromatic carbocycles. The van der Waals surface area contributed by atoms with Crippen molar-refractivity contribution in [1.29, 1.82) is 0 Å². The average molecular weight is 331 g/mol. The van der Waals surface area contributed by atoms with Gasteiger partial charge in [-0.05, 0) is 42.2 Å². The van der Waals surface area contributed by atoms with Crippen molar-refractivity contribution in [2.45, 2.75) is 11.4 Å². The van der Waals surface area contributed by atoms with E-state index in [0.29, 0.717) is 17.7 Å². The number of fused-ring (bicyclic) bond motifs is 1. The lowest BCUT2D eigenvalue weighted by Crippen LogP contribution is -1.99. The van der Waals surface area contributed by atoms with Gasteiger partial charge in [-0.2, -0.15) is 0 Å². The largest absolute Gasteiger partial charge is 0.496 e. The summed E-state index contributed by atoms with van der Waals surface area (Å²) < 4.78 is 32.5. The lowest BCUT2D eigenvalue weighted by molar-refractivity contribution is 0.411. The van der Waals surface area contributed by atoms with Crippen molar-refractivity contribution in [2.24, 2.45) is 0 Å². The fraction of sp³-hybridized carbons (Fsp3) is 0.167. The maximum absolute atomic E-state index is 14.0. The zero-order valence-electron chi connectivity index (χ0n) is 12.8. The smallest absolute Gasteiger partial charge is 0.129 e. The first kappa shape index (κ1) is 15.7. The highest BCUT2D eigenvalue weighted by atomic mass is 32.2. The molecule has 3 aromatic rings. The first-order valence-corrected chi connectivity index (χ1v) is 8.29. The van der Waals surface area contributed by atoms with Crippen molar-refractivity contribution < 1.29 is 13.5 Å². The number of thioether (sulfide) groups is 1. The van der Waals surface area contributed by atoms with E-state index >= 15 is 0 Å². The summed E-state index contributed by atoms with van der Waals surface area (Å²) in [6.45, 7) is 0. The van der Waals surface area contributed by atoms with Gasteiger partial charge >= 0.3 is 0 Å². The molecule has 0 aliphatic heterocycles. The molecular formula is C18H15F2NOS. The van der Waals surface area contributed by atoms with E-state index < -0.39 is 11.6 Å². The zero-order chi connectivity index (χ0) is 16.4. The van der Waals surface area contributed by atoms with E-state index in [1.54, 1.807) is 18.9 Å². The summed E-state index contributed by atoms with van der Waals surface area (Å²) in [5.74, 6) is -0.472. The monoisotopic (exact) mass is 331 g/mol. The van der Waals surface area contributed by atoms with Crippen LogP contribution in [-0.2, 0) is 6.42 Å². The van der Waals surface area contributed by atoms with Crippen LogP contribution in [0.1, 0.15) is 11.1 Å². The maximum Gasteiger partial charge on any atom is 0.129 e. The summed E-state index contributed by atoms with van der Waals surface area (Å²) in [7, 11) is 1.58. The Morgan fingerprint density at radius 3 is 2.61 bits per heavy atom. The second-order valence-corrected chi connectivity index (χ2v) is 5.91. The Bertz CT molecular complexity index is 867. The Labute approximate surface area is 137 Å². The molecule has 0 bridgehead atoms. The Kier molecular flexibility index (Phi) is 4.48. The minimum absolute atomic E-state index is 0.312. The summed E-state index contributed by atoms with van der Waals surface area (Å²) >= 11 is 1.56. The molecule has 0 spiro atoms. The number of ether oxygens (including phenoxy) is 1. The topological polar surface area (TPSA) is 22.1 Å². The number of benzene rings is 2. The van der Waals surface area contributed by atoms with Crippen molar-refractivity contribution in [3.63, 3.8) is 0 Å². The molecule has 118 valence electrons. The van der Waals surface area contributed by atoms with Gasteiger partial charge in [0.05, 0.1) is 17.7 Å². The van der Waals surface area contributed by atoms with Crippen LogP contribution < -0.4 is 4.74 Å². The number of aromatic nitrogens is 1. The third-order valence-corrected chi connectivity index (χ3v) is 4.37. The first-order valence-electron chi connectivity index (χ1n) is 7.07. The predicted octanol–water partition coefficient (Wildman–Crippen LogP) is 4.83. The van der Waals surface area contributed by atoms with Crippen molar-refractivity contribution in [1.82, 2.24) is 4.98 Å². The lowest BCUT2D eigenvalue weighted by atomic mass is 9.99. The summed E-state index contributed by atoms with van der Waals surface area (Å²) in [6, 6.07) is 11.2. The van der Waals surface area contributed by atoms with Gasteiger partial charge in [-0.1, -0.05) is 6.07 Å². The summed E-state index contributed by atoms with van der Waals surface area (Å²) in [5.41, 5.74) is 2.09. The van der Waals surface area contributed by atoms with Crippen LogP contribution in [0.4, 0.5) is 8.78 Å². The van der Waals surface area contributed by atoms with Crippen LogP contribution in [0.3, 0.4) is 0 Å². The van der Waals surface area contributed by atoms with Gasteiger partial charge in [0.25, 0.3) is 0 Å². The Morgan fingerprint density at radius 1 is 1.09 bits per heavy atom. The molecule has 0 aliphatic rings. The number of pyridine rings is 1. The minimum Gasteiger partial charge on any atom is -0.496 e. The summed E-state index contributed by atoms with van der Waals surface area (Å²) in [4.78, 5) is 4.56. The fourth-order valence-electron chi connectivity index (χ4n) is 2.57. The van der Waals surface area contributed by atoms with Gasteiger partial charge < -0.3 is 4.74 Å². The quantitative estimate of drug-likeness (QED) is 0.639. The average Bonchev–Trinajstić information content (AvgIpc) is 2.56. The van der Waals surface area contributed by atoms with Crippen LogP contribution in [0.15, 0.2) is 47.5 Å². The van der Waals surface area contributed by atoms with Gasteiger partial charge in [-0.15, -0.1) is 11.8 Å². The van der Waals surface area contributed by atoms with E-state index in [1.165, 1.54) is 12.1 Å². The molecule has 0 saturated carbocycles. The third-order valence-electron chi connectivity index (χ3n) is 3.73. The van der Waals surface area contributed by atoms with E-state index in [-0.39, 0.29) is 0 Å². The molecule has 2 nitrogen and oxygen atoms in total. The zero-order valence-corrected chi connectivity index (χ0v) is 13.6. The Balaban J connectivity index is 2.13. The van der Waals surface area contributed by atoms with Crippen LogP contribution in [0.2, 0.25) is 0 Å². The van der Waals surface area contributed by atoms with Gasteiger partial charge in [-0.3, -0.25) is 0 Å². The second kappa shape index (κ2) is 6.54. The molecule has 0 radical (unpaired) electrons. The number of nitrogens with zero attached hydrogens (tertiary/aromatic N) is 1. The molecule has 5 heteroatoms. The van der Waals surface area contributed by atoms with Gasteiger partial charge in [0.1, 0.15) is 17.4 Å². The van der Waals surface area contributed by atoms with E-state index in [4.69, 9.17) is 4.74 Å². The molecule has 0 atom stereocenters. The predicted molar refractivity (Wildman–Crippen MR) is 89.2 cm³/mol. The summed E-state index contributed by atoms with van der Waals surface area (Å²) in [5, 5.41) is 1.83. The normalized spacial score (nSPS) is 11.0. The molecule has 0 unspecified atom stereocenters. The van der Waals surface area contributed by atoms with Crippen LogP contribution in [-0.4, -0.2) is 18.3 Å². The number of methoxy groups -OCH3 is 1. The highest BCUT2D eigenvalue weighted by Gasteiger charge is 2.13. The van der Waals surface area contributed by atoms with Gasteiger partial charge in [0.15, 0.2) is 0 Å². The molecule has 23 heavy (non-hydrogen) atoms.